The van der Waals surface area contributed by atoms with E-state index in [0.717, 1.165) is 72.4 Å². The predicted molar refractivity (Wildman–Crippen MR) is 141 cm³/mol. The van der Waals surface area contributed by atoms with Crippen LogP contribution in [0.1, 0.15) is 21.7 Å². The Kier molecular flexibility index (Phi) is 6.95. The highest BCUT2D eigenvalue weighted by molar-refractivity contribution is 6.05. The largest absolute Gasteiger partial charge is 0.495 e. The van der Waals surface area contributed by atoms with E-state index in [1.807, 2.05) is 48.5 Å². The Morgan fingerprint density at radius 3 is 2.50 bits per heavy atom. The summed E-state index contributed by atoms with van der Waals surface area (Å²) >= 11 is 0. The maximum Gasteiger partial charge on any atom is 0.275 e. The van der Waals surface area contributed by atoms with E-state index < -0.39 is 0 Å². The Morgan fingerprint density at radius 2 is 1.78 bits per heavy atom. The normalized spacial score (nSPS) is 14.0. The van der Waals surface area contributed by atoms with Gasteiger partial charge in [-0.2, -0.15) is 0 Å². The minimum absolute atomic E-state index is 0.276. The van der Waals surface area contributed by atoms with Gasteiger partial charge in [0.2, 0.25) is 0 Å². The van der Waals surface area contributed by atoms with Gasteiger partial charge in [0.1, 0.15) is 11.4 Å². The van der Waals surface area contributed by atoms with Gasteiger partial charge in [0.15, 0.2) is 0 Å². The first-order chi connectivity index (χ1) is 17.6. The summed E-state index contributed by atoms with van der Waals surface area (Å²) in [6.45, 7) is 6.39. The van der Waals surface area contributed by atoms with Gasteiger partial charge in [0.25, 0.3) is 5.91 Å². The van der Waals surface area contributed by atoms with Gasteiger partial charge >= 0.3 is 0 Å². The first-order valence-corrected chi connectivity index (χ1v) is 12.1. The molecule has 0 bridgehead atoms. The Bertz CT molecular complexity index is 1310. The molecular weight excluding hydrogens is 452 g/mol. The van der Waals surface area contributed by atoms with Crippen molar-refractivity contribution in [3.05, 3.63) is 90.1 Å². The van der Waals surface area contributed by atoms with Crippen LogP contribution in [-0.4, -0.2) is 59.0 Å². The second-order valence-corrected chi connectivity index (χ2v) is 8.82. The molecule has 4 aromatic rings. The number of aromatic nitrogens is 3. The van der Waals surface area contributed by atoms with Gasteiger partial charge in [-0.25, -0.2) is 4.98 Å². The van der Waals surface area contributed by atoms with Crippen LogP contribution in [0.2, 0.25) is 0 Å². The Hall–Kier alpha value is -4.17. The second-order valence-electron chi connectivity index (χ2n) is 8.82. The third-order valence-electron chi connectivity index (χ3n) is 6.59. The van der Waals surface area contributed by atoms with Crippen LogP contribution in [0.25, 0.3) is 11.3 Å². The number of carbonyl (C=O) groups excluding carboxylic acids is 1. The van der Waals surface area contributed by atoms with E-state index in [9.17, 15) is 4.79 Å². The molecule has 0 unspecified atom stereocenters. The molecule has 0 spiro atoms. The smallest absolute Gasteiger partial charge is 0.275 e. The summed E-state index contributed by atoms with van der Waals surface area (Å²) in [5, 5.41) is 3.13. The highest BCUT2D eigenvalue weighted by Crippen LogP contribution is 2.35. The average Bonchev–Trinajstić information content (AvgIpc) is 3.24. The fourth-order valence-electron chi connectivity index (χ4n) is 4.68. The van der Waals surface area contributed by atoms with Gasteiger partial charge in [-0.15, -0.1) is 0 Å². The van der Waals surface area contributed by atoms with Crippen molar-refractivity contribution >= 4 is 17.3 Å². The van der Waals surface area contributed by atoms with Crippen molar-refractivity contribution in [1.29, 1.82) is 0 Å². The van der Waals surface area contributed by atoms with Crippen LogP contribution in [0.4, 0.5) is 11.4 Å². The molecule has 184 valence electrons. The summed E-state index contributed by atoms with van der Waals surface area (Å²) in [7, 11) is 1.71. The monoisotopic (exact) mass is 482 g/mol. The number of H-pyrrole nitrogens is 1. The number of para-hydroxylation sites is 2. The van der Waals surface area contributed by atoms with E-state index in [-0.39, 0.29) is 11.6 Å². The van der Waals surface area contributed by atoms with Crippen LogP contribution in [0.5, 0.6) is 5.75 Å². The quantitative estimate of drug-likeness (QED) is 0.407. The van der Waals surface area contributed by atoms with Crippen LogP contribution in [0.3, 0.4) is 0 Å². The molecule has 8 nitrogen and oxygen atoms in total. The third-order valence-corrected chi connectivity index (χ3v) is 6.59. The van der Waals surface area contributed by atoms with Gasteiger partial charge < -0.3 is 19.9 Å². The number of ether oxygens (including phenoxy) is 1. The molecule has 1 aliphatic heterocycles. The maximum absolute atomic E-state index is 13.1. The number of hydrogen-bond donors (Lipinski definition) is 2. The lowest BCUT2D eigenvalue weighted by molar-refractivity contribution is 0.102. The van der Waals surface area contributed by atoms with Gasteiger partial charge in [-0.3, -0.25) is 14.7 Å². The van der Waals surface area contributed by atoms with Crippen molar-refractivity contribution in [2.45, 2.75) is 13.5 Å². The lowest BCUT2D eigenvalue weighted by atomic mass is 10.1. The number of hydrogen-bond acceptors (Lipinski definition) is 6. The number of nitrogens with zero attached hydrogens (tertiary/aromatic N) is 4. The fourth-order valence-corrected chi connectivity index (χ4v) is 4.68. The van der Waals surface area contributed by atoms with E-state index in [0.29, 0.717) is 0 Å². The molecule has 1 amide bonds. The average molecular weight is 483 g/mol. The number of anilines is 2. The number of piperazine rings is 1. The number of aryl methyl sites for hydroxylation is 1. The van der Waals surface area contributed by atoms with E-state index in [1.165, 1.54) is 12.4 Å². The van der Waals surface area contributed by atoms with Gasteiger partial charge in [0.05, 0.1) is 30.4 Å². The number of amides is 1. The van der Waals surface area contributed by atoms with Gasteiger partial charge in [-0.1, -0.05) is 42.5 Å². The van der Waals surface area contributed by atoms with Crippen molar-refractivity contribution in [2.75, 3.05) is 43.5 Å². The molecule has 0 atom stereocenters. The van der Waals surface area contributed by atoms with Crippen LogP contribution >= 0.6 is 0 Å². The Balaban J connectivity index is 1.38. The van der Waals surface area contributed by atoms with Crippen molar-refractivity contribution in [2.24, 2.45) is 0 Å². The predicted octanol–water partition coefficient (Wildman–Crippen LogP) is 4.36. The van der Waals surface area contributed by atoms with E-state index in [1.54, 1.807) is 13.3 Å². The van der Waals surface area contributed by atoms with Crippen molar-refractivity contribution in [1.82, 2.24) is 19.9 Å². The molecule has 3 heterocycles. The molecular formula is C28H30N6O2. The molecule has 8 heteroatoms. The van der Waals surface area contributed by atoms with Crippen molar-refractivity contribution < 1.29 is 9.53 Å². The molecule has 0 saturated carbocycles. The number of aromatic amines is 1. The SMILES string of the molecule is COc1ccccc1N1CCN(Cc2c(C)[nH]c(-c3ccccc3)c2NC(=O)c2cnccn2)CC1. The topological polar surface area (TPSA) is 86.4 Å². The molecule has 5 rings (SSSR count). The molecule has 1 fully saturated rings. The minimum Gasteiger partial charge on any atom is -0.495 e. The zero-order chi connectivity index (χ0) is 24.9. The van der Waals surface area contributed by atoms with Gasteiger partial charge in [0, 0.05) is 61.9 Å². The highest BCUT2D eigenvalue weighted by atomic mass is 16.5. The summed E-state index contributed by atoms with van der Waals surface area (Å²) in [4.78, 5) is 29.6. The van der Waals surface area contributed by atoms with Crippen molar-refractivity contribution in [3.63, 3.8) is 0 Å². The molecule has 1 aliphatic rings. The van der Waals surface area contributed by atoms with Crippen LogP contribution in [-0.2, 0) is 6.54 Å². The van der Waals surface area contributed by atoms with Crippen molar-refractivity contribution in [3.8, 4) is 17.0 Å². The van der Waals surface area contributed by atoms with Crippen LogP contribution in [0.15, 0.2) is 73.2 Å². The lowest BCUT2D eigenvalue weighted by Gasteiger charge is -2.36. The molecule has 0 radical (unpaired) electrons. The molecule has 36 heavy (non-hydrogen) atoms. The lowest BCUT2D eigenvalue weighted by Crippen LogP contribution is -2.46. The number of nitrogens with one attached hydrogen (secondary N) is 2. The molecule has 0 aliphatic carbocycles. The molecule has 2 aromatic heterocycles. The van der Waals surface area contributed by atoms with Crippen LogP contribution in [0, 0.1) is 6.92 Å². The third kappa shape index (κ3) is 4.94. The first kappa shape index (κ1) is 23.6. The van der Waals surface area contributed by atoms with E-state index in [2.05, 4.69) is 43.1 Å². The second kappa shape index (κ2) is 10.6. The Morgan fingerprint density at radius 1 is 1.03 bits per heavy atom. The standard InChI is InChI=1S/C28H30N6O2/c1-20-22(19-33-14-16-34(17-15-33)24-10-6-7-11-25(24)36-2)27(26(31-20)21-8-4-3-5-9-21)32-28(35)23-18-29-12-13-30-23/h3-13,18,31H,14-17,19H2,1-2H3,(H,32,35). The summed E-state index contributed by atoms with van der Waals surface area (Å²) in [5.74, 6) is 0.621. The van der Waals surface area contributed by atoms with E-state index in [4.69, 9.17) is 4.74 Å². The Labute approximate surface area is 211 Å². The number of benzene rings is 2. The summed E-state index contributed by atoms with van der Waals surface area (Å²) in [5.41, 5.74) is 6.23. The van der Waals surface area contributed by atoms with Crippen LogP contribution < -0.4 is 15.0 Å². The van der Waals surface area contributed by atoms with E-state index >= 15 is 0 Å². The van der Waals surface area contributed by atoms with Gasteiger partial charge in [-0.05, 0) is 19.1 Å². The zero-order valence-electron chi connectivity index (χ0n) is 20.6. The fraction of sp³-hybridized carbons (Fsp3) is 0.250. The summed E-state index contributed by atoms with van der Waals surface area (Å²) in [6, 6.07) is 18.2. The highest BCUT2D eigenvalue weighted by Gasteiger charge is 2.24. The number of carbonyl (C=O) groups is 1. The molecule has 1 saturated heterocycles. The summed E-state index contributed by atoms with van der Waals surface area (Å²) < 4.78 is 5.56. The number of methoxy groups -OCH3 is 1. The molecule has 2 aromatic carbocycles. The minimum atomic E-state index is -0.276. The molecule has 2 N–H and O–H groups in total. The first-order valence-electron chi connectivity index (χ1n) is 12.1. The maximum atomic E-state index is 13.1. The zero-order valence-corrected chi connectivity index (χ0v) is 20.6. The number of rotatable bonds is 7. The summed E-state index contributed by atoms with van der Waals surface area (Å²) in [6.07, 6.45) is 4.56.